The highest BCUT2D eigenvalue weighted by Gasteiger charge is 2.23. The van der Waals surface area contributed by atoms with Gasteiger partial charge in [-0.25, -0.2) is 0 Å². The molecule has 0 radical (unpaired) electrons. The standard InChI is InChI=1S/C20H21NO3/c1-20(24,13-12-16-8-4-2-5-9-16)15-21-18(19(22)23)14-17-10-6-3-7-11-17/h2-11,18,21,24H,14-15H2,1H3,(H,22,23)/t18-,20-/m0/s1. The van der Waals surface area contributed by atoms with Crippen molar-refractivity contribution in [2.45, 2.75) is 25.0 Å². The molecule has 0 spiro atoms. The van der Waals surface area contributed by atoms with E-state index >= 15 is 0 Å². The Bertz CT molecular complexity index is 715. The summed E-state index contributed by atoms with van der Waals surface area (Å²) >= 11 is 0. The number of carboxylic acid groups (broad SMARTS) is 1. The first-order valence-electron chi connectivity index (χ1n) is 7.77. The number of rotatable bonds is 6. The van der Waals surface area contributed by atoms with Gasteiger partial charge in [0.2, 0.25) is 0 Å². The second-order valence-electron chi connectivity index (χ2n) is 5.85. The first-order chi connectivity index (χ1) is 11.5. The monoisotopic (exact) mass is 323 g/mol. The quantitative estimate of drug-likeness (QED) is 0.712. The van der Waals surface area contributed by atoms with Crippen molar-refractivity contribution in [3.63, 3.8) is 0 Å². The van der Waals surface area contributed by atoms with E-state index in [1.807, 2.05) is 60.7 Å². The maximum absolute atomic E-state index is 11.4. The second-order valence-corrected chi connectivity index (χ2v) is 5.85. The summed E-state index contributed by atoms with van der Waals surface area (Å²) in [7, 11) is 0. The fourth-order valence-electron chi connectivity index (χ4n) is 2.19. The van der Waals surface area contributed by atoms with Gasteiger partial charge in [-0.15, -0.1) is 0 Å². The molecule has 2 aromatic carbocycles. The Balaban J connectivity index is 1.98. The summed E-state index contributed by atoms with van der Waals surface area (Å²) < 4.78 is 0. The lowest BCUT2D eigenvalue weighted by molar-refractivity contribution is -0.139. The van der Waals surface area contributed by atoms with Crippen molar-refractivity contribution in [3.8, 4) is 11.8 Å². The summed E-state index contributed by atoms with van der Waals surface area (Å²) in [5.74, 6) is 4.73. The van der Waals surface area contributed by atoms with E-state index in [0.717, 1.165) is 11.1 Å². The van der Waals surface area contributed by atoms with E-state index in [-0.39, 0.29) is 6.54 Å². The number of nitrogens with one attached hydrogen (secondary N) is 1. The first kappa shape index (κ1) is 17.7. The van der Waals surface area contributed by atoms with Crippen molar-refractivity contribution in [1.82, 2.24) is 5.32 Å². The Labute approximate surface area is 142 Å². The van der Waals surface area contributed by atoms with Crippen molar-refractivity contribution in [3.05, 3.63) is 71.8 Å². The molecule has 0 aliphatic heterocycles. The summed E-state index contributed by atoms with van der Waals surface area (Å²) in [5, 5.41) is 22.6. The van der Waals surface area contributed by atoms with Gasteiger partial charge in [-0.2, -0.15) is 0 Å². The summed E-state index contributed by atoms with van der Waals surface area (Å²) in [6.45, 7) is 1.63. The fraction of sp³-hybridized carbons (Fsp3) is 0.250. The summed E-state index contributed by atoms with van der Waals surface area (Å²) in [6, 6.07) is 18.0. The molecule has 0 aliphatic rings. The molecule has 124 valence electrons. The highest BCUT2D eigenvalue weighted by molar-refractivity contribution is 5.73. The van der Waals surface area contributed by atoms with Gasteiger partial charge in [0.15, 0.2) is 0 Å². The van der Waals surface area contributed by atoms with Gasteiger partial charge < -0.3 is 15.5 Å². The van der Waals surface area contributed by atoms with E-state index in [1.165, 1.54) is 0 Å². The van der Waals surface area contributed by atoms with Gasteiger partial charge in [-0.1, -0.05) is 60.4 Å². The Morgan fingerprint density at radius 3 is 2.29 bits per heavy atom. The van der Waals surface area contributed by atoms with Gasteiger partial charge in [-0.05, 0) is 31.0 Å². The topological polar surface area (TPSA) is 69.6 Å². The molecule has 4 heteroatoms. The van der Waals surface area contributed by atoms with Gasteiger partial charge in [-0.3, -0.25) is 4.79 Å². The van der Waals surface area contributed by atoms with Gasteiger partial charge >= 0.3 is 5.97 Å². The molecular formula is C20H21NO3. The zero-order valence-corrected chi connectivity index (χ0v) is 13.6. The second kappa shape index (κ2) is 8.30. The van der Waals surface area contributed by atoms with Crippen LogP contribution < -0.4 is 5.32 Å². The number of aliphatic hydroxyl groups is 1. The van der Waals surface area contributed by atoms with Crippen LogP contribution in [0.5, 0.6) is 0 Å². The predicted molar refractivity (Wildman–Crippen MR) is 93.5 cm³/mol. The molecule has 0 amide bonds. The Hall–Kier alpha value is -2.61. The van der Waals surface area contributed by atoms with Gasteiger partial charge in [0, 0.05) is 12.1 Å². The molecule has 2 rings (SSSR count). The molecule has 2 atom stereocenters. The van der Waals surface area contributed by atoms with Crippen molar-refractivity contribution in [1.29, 1.82) is 0 Å². The molecule has 0 saturated heterocycles. The molecule has 24 heavy (non-hydrogen) atoms. The minimum absolute atomic E-state index is 0.0661. The fourth-order valence-corrected chi connectivity index (χ4v) is 2.19. The van der Waals surface area contributed by atoms with Crippen LogP contribution in [0.4, 0.5) is 0 Å². The predicted octanol–water partition coefficient (Wildman–Crippen LogP) is 2.07. The molecular weight excluding hydrogens is 302 g/mol. The molecule has 0 unspecified atom stereocenters. The zero-order chi connectivity index (χ0) is 17.4. The number of benzene rings is 2. The van der Waals surface area contributed by atoms with Crippen LogP contribution in [0.3, 0.4) is 0 Å². The largest absolute Gasteiger partial charge is 0.480 e. The normalized spacial score (nSPS) is 14.1. The third-order valence-corrected chi connectivity index (χ3v) is 3.52. The van der Waals surface area contributed by atoms with E-state index in [0.29, 0.717) is 6.42 Å². The van der Waals surface area contributed by atoms with Crippen LogP contribution in [-0.4, -0.2) is 34.4 Å². The van der Waals surface area contributed by atoms with Crippen LogP contribution in [0, 0.1) is 11.8 Å². The minimum Gasteiger partial charge on any atom is -0.480 e. The van der Waals surface area contributed by atoms with Crippen molar-refractivity contribution in [2.75, 3.05) is 6.54 Å². The molecule has 0 heterocycles. The lowest BCUT2D eigenvalue weighted by Crippen LogP contribution is -2.46. The average molecular weight is 323 g/mol. The number of carbonyl (C=O) groups is 1. The van der Waals surface area contributed by atoms with Crippen LogP contribution in [0.15, 0.2) is 60.7 Å². The van der Waals surface area contributed by atoms with Crippen molar-refractivity contribution >= 4 is 5.97 Å². The smallest absolute Gasteiger partial charge is 0.321 e. The van der Waals surface area contributed by atoms with Gasteiger partial charge in [0.1, 0.15) is 11.6 Å². The van der Waals surface area contributed by atoms with E-state index < -0.39 is 17.6 Å². The first-order valence-corrected chi connectivity index (χ1v) is 7.77. The third-order valence-electron chi connectivity index (χ3n) is 3.52. The summed E-state index contributed by atoms with van der Waals surface area (Å²) in [5.41, 5.74) is 0.407. The van der Waals surface area contributed by atoms with Crippen LogP contribution in [0.2, 0.25) is 0 Å². The molecule has 4 nitrogen and oxygen atoms in total. The van der Waals surface area contributed by atoms with Gasteiger partial charge in [0.25, 0.3) is 0 Å². The van der Waals surface area contributed by atoms with E-state index in [4.69, 9.17) is 0 Å². The van der Waals surface area contributed by atoms with E-state index in [9.17, 15) is 15.0 Å². The SMILES string of the molecule is C[C@](O)(C#Cc1ccccc1)CN[C@@H](Cc1ccccc1)C(=O)O. The average Bonchev–Trinajstić information content (AvgIpc) is 2.58. The van der Waals surface area contributed by atoms with E-state index in [1.54, 1.807) is 6.92 Å². The van der Waals surface area contributed by atoms with Crippen molar-refractivity contribution < 1.29 is 15.0 Å². The number of aliphatic carboxylic acids is 1. The van der Waals surface area contributed by atoms with Crippen molar-refractivity contribution in [2.24, 2.45) is 0 Å². The molecule has 0 bridgehead atoms. The van der Waals surface area contributed by atoms with Crippen LogP contribution in [-0.2, 0) is 11.2 Å². The highest BCUT2D eigenvalue weighted by atomic mass is 16.4. The number of hydrogen-bond acceptors (Lipinski definition) is 3. The lowest BCUT2D eigenvalue weighted by Gasteiger charge is -2.21. The van der Waals surface area contributed by atoms with Crippen LogP contribution in [0.1, 0.15) is 18.1 Å². The van der Waals surface area contributed by atoms with Gasteiger partial charge in [0.05, 0.1) is 0 Å². The molecule has 3 N–H and O–H groups in total. The summed E-state index contributed by atoms with van der Waals surface area (Å²) in [6.07, 6.45) is 0.346. The molecule has 2 aromatic rings. The third kappa shape index (κ3) is 5.88. The number of hydrogen-bond donors (Lipinski definition) is 3. The lowest BCUT2D eigenvalue weighted by atomic mass is 10.0. The molecule has 0 saturated carbocycles. The Morgan fingerprint density at radius 1 is 1.12 bits per heavy atom. The number of carboxylic acids is 1. The maximum Gasteiger partial charge on any atom is 0.321 e. The Kier molecular flexibility index (Phi) is 6.14. The Morgan fingerprint density at radius 2 is 1.71 bits per heavy atom. The van der Waals surface area contributed by atoms with Crippen LogP contribution >= 0.6 is 0 Å². The maximum atomic E-state index is 11.4. The molecule has 0 aromatic heterocycles. The zero-order valence-electron chi connectivity index (χ0n) is 13.6. The highest BCUT2D eigenvalue weighted by Crippen LogP contribution is 2.06. The summed E-state index contributed by atoms with van der Waals surface area (Å²) in [4.78, 5) is 11.4. The molecule has 0 aliphatic carbocycles. The molecule has 0 fully saturated rings. The minimum atomic E-state index is -1.32. The van der Waals surface area contributed by atoms with Crippen LogP contribution in [0.25, 0.3) is 0 Å². The van der Waals surface area contributed by atoms with E-state index in [2.05, 4.69) is 17.2 Å².